The van der Waals surface area contributed by atoms with E-state index < -0.39 is 35.6 Å². The van der Waals surface area contributed by atoms with Gasteiger partial charge in [-0.1, -0.05) is 24.0 Å². The van der Waals surface area contributed by atoms with Gasteiger partial charge in [0.05, 0.1) is 11.5 Å². The molecular weight excluding hydrogens is 574 g/mol. The highest BCUT2D eigenvalue weighted by Gasteiger charge is 2.43. The number of aryl methyl sites for hydroxylation is 2. The van der Waals surface area contributed by atoms with Crippen LogP contribution < -0.4 is 10.6 Å². The summed E-state index contributed by atoms with van der Waals surface area (Å²) < 4.78 is 55.1. The number of hydrogen-bond donors (Lipinski definition) is 2. The summed E-state index contributed by atoms with van der Waals surface area (Å²) in [6, 6.07) is 10.6. The van der Waals surface area contributed by atoms with Crippen LogP contribution in [-0.4, -0.2) is 66.0 Å². The number of hydrogen-bond acceptors (Lipinski definition) is 5. The third kappa shape index (κ3) is 7.62. The Kier molecular flexibility index (Phi) is 9.04. The van der Waals surface area contributed by atoms with Gasteiger partial charge in [0, 0.05) is 61.3 Å². The van der Waals surface area contributed by atoms with Crippen molar-refractivity contribution in [3.05, 3.63) is 87.6 Å². The normalized spacial score (nSPS) is 18.7. The molecule has 1 saturated heterocycles. The zero-order valence-corrected chi connectivity index (χ0v) is 24.7. The third-order valence-corrected chi connectivity index (χ3v) is 7.87. The fraction of sp³-hybridized carbons (Fsp3) is 0.364. The van der Waals surface area contributed by atoms with Gasteiger partial charge in [0.15, 0.2) is 0 Å². The standard InChI is InChI=1S/C33H33F4N5O2/c1-20-4-6-24(15-23(20)7-5-22-14-21(2)30(38-18-22)40-32(44)27-17-29(27)34)31(43)39-26-9-8-25(28(16-26)33(35,36)37)19-42-12-10-41(3)11-13-42/h4,6,8-9,14-16,18,27,29H,10-13,17,19H2,1-3H3,(H,39,43)(H,38,40,44)/t27-,29-/m0/s1. The van der Waals surface area contributed by atoms with Crippen LogP contribution in [0.4, 0.5) is 29.1 Å². The molecule has 0 radical (unpaired) electrons. The molecule has 1 aliphatic heterocycles. The van der Waals surface area contributed by atoms with E-state index in [1.54, 1.807) is 31.2 Å². The number of likely N-dealkylation sites (N-methyl/N-ethyl adjacent to an activating group) is 1. The topological polar surface area (TPSA) is 77.6 Å². The SMILES string of the molecule is Cc1ccc(C(=O)Nc2ccc(CN3CCN(C)CC3)c(C(F)(F)F)c2)cc1C#Cc1cnc(NC(=O)[C@H]2C[C@@H]2F)c(C)c1. The van der Waals surface area contributed by atoms with Gasteiger partial charge in [0.25, 0.3) is 5.91 Å². The number of nitrogens with one attached hydrogen (secondary N) is 2. The number of alkyl halides is 4. The van der Waals surface area contributed by atoms with Crippen LogP contribution in [0, 0.1) is 31.6 Å². The quantitative estimate of drug-likeness (QED) is 0.290. The number of aromatic nitrogens is 1. The molecule has 0 bridgehead atoms. The highest BCUT2D eigenvalue weighted by Crippen LogP contribution is 2.35. The second-order valence-electron chi connectivity index (χ2n) is 11.4. The molecule has 7 nitrogen and oxygen atoms in total. The van der Waals surface area contributed by atoms with Gasteiger partial charge >= 0.3 is 6.18 Å². The van der Waals surface area contributed by atoms with Crippen LogP contribution in [0.3, 0.4) is 0 Å². The molecular formula is C33H33F4N5O2. The molecule has 2 N–H and O–H groups in total. The molecule has 44 heavy (non-hydrogen) atoms. The van der Waals surface area contributed by atoms with Crippen molar-refractivity contribution in [2.45, 2.75) is 39.2 Å². The second kappa shape index (κ2) is 12.8. The first kappa shape index (κ1) is 31.2. The molecule has 2 amide bonds. The van der Waals surface area contributed by atoms with Gasteiger partial charge in [-0.3, -0.25) is 14.5 Å². The molecule has 0 spiro atoms. The van der Waals surface area contributed by atoms with Crippen molar-refractivity contribution in [1.29, 1.82) is 0 Å². The molecule has 1 saturated carbocycles. The molecule has 3 aromatic rings. The van der Waals surface area contributed by atoms with Gasteiger partial charge in [-0.05, 0) is 74.3 Å². The number of anilines is 2. The summed E-state index contributed by atoms with van der Waals surface area (Å²) in [5, 5.41) is 5.23. The summed E-state index contributed by atoms with van der Waals surface area (Å²) >= 11 is 0. The lowest BCUT2D eigenvalue weighted by Crippen LogP contribution is -2.44. The minimum Gasteiger partial charge on any atom is -0.322 e. The molecule has 2 aliphatic rings. The van der Waals surface area contributed by atoms with Crippen LogP contribution in [0.2, 0.25) is 0 Å². The Morgan fingerprint density at radius 2 is 1.70 bits per heavy atom. The van der Waals surface area contributed by atoms with E-state index in [4.69, 9.17) is 0 Å². The minimum absolute atomic E-state index is 0.0510. The maximum absolute atomic E-state index is 14.0. The van der Waals surface area contributed by atoms with Crippen LogP contribution in [-0.2, 0) is 17.5 Å². The summed E-state index contributed by atoms with van der Waals surface area (Å²) in [7, 11) is 1.99. The number of halogens is 4. The van der Waals surface area contributed by atoms with Crippen molar-refractivity contribution >= 4 is 23.3 Å². The highest BCUT2D eigenvalue weighted by molar-refractivity contribution is 6.04. The average Bonchev–Trinajstić information content (AvgIpc) is 3.72. The lowest BCUT2D eigenvalue weighted by molar-refractivity contribution is -0.138. The first-order chi connectivity index (χ1) is 20.9. The van der Waals surface area contributed by atoms with E-state index in [9.17, 15) is 27.2 Å². The Hall–Kier alpha value is -4.27. The van der Waals surface area contributed by atoms with Crippen LogP contribution in [0.15, 0.2) is 48.7 Å². The third-order valence-electron chi connectivity index (χ3n) is 7.87. The Morgan fingerprint density at radius 1 is 0.977 bits per heavy atom. The van der Waals surface area contributed by atoms with Gasteiger partial charge in [0.1, 0.15) is 12.0 Å². The summed E-state index contributed by atoms with van der Waals surface area (Å²) in [4.78, 5) is 33.5. The Bertz CT molecular complexity index is 1640. The van der Waals surface area contributed by atoms with Crippen LogP contribution in [0.25, 0.3) is 0 Å². The van der Waals surface area contributed by atoms with Crippen LogP contribution >= 0.6 is 0 Å². The van der Waals surface area contributed by atoms with E-state index >= 15 is 0 Å². The van der Waals surface area contributed by atoms with Gasteiger partial charge in [-0.25, -0.2) is 9.37 Å². The lowest BCUT2D eigenvalue weighted by atomic mass is 10.0. The summed E-state index contributed by atoms with van der Waals surface area (Å²) in [5.41, 5.74) is 2.31. The van der Waals surface area contributed by atoms with E-state index in [1.165, 1.54) is 18.3 Å². The number of benzene rings is 2. The Morgan fingerprint density at radius 3 is 2.36 bits per heavy atom. The van der Waals surface area contributed by atoms with Gasteiger partial charge < -0.3 is 15.5 Å². The van der Waals surface area contributed by atoms with E-state index in [0.717, 1.165) is 24.7 Å². The van der Waals surface area contributed by atoms with E-state index in [2.05, 4.69) is 32.4 Å². The second-order valence-corrected chi connectivity index (χ2v) is 11.4. The zero-order chi connectivity index (χ0) is 31.6. The molecule has 0 unspecified atom stereocenters. The highest BCUT2D eigenvalue weighted by atomic mass is 19.4. The average molecular weight is 608 g/mol. The molecule has 2 atom stereocenters. The van der Waals surface area contributed by atoms with Gasteiger partial charge in [-0.15, -0.1) is 0 Å². The first-order valence-corrected chi connectivity index (χ1v) is 14.3. The van der Waals surface area contributed by atoms with Crippen LogP contribution in [0.5, 0.6) is 0 Å². The Balaban J connectivity index is 1.29. The van der Waals surface area contributed by atoms with Crippen molar-refractivity contribution in [2.24, 2.45) is 5.92 Å². The summed E-state index contributed by atoms with van der Waals surface area (Å²) in [6.45, 7) is 6.74. The largest absolute Gasteiger partial charge is 0.416 e. The Labute approximate surface area is 253 Å². The molecule has 11 heteroatoms. The monoisotopic (exact) mass is 607 g/mol. The number of rotatable bonds is 6. The predicted octanol–water partition coefficient (Wildman–Crippen LogP) is 5.41. The fourth-order valence-electron chi connectivity index (χ4n) is 4.96. The number of amides is 2. The van der Waals surface area contributed by atoms with Crippen molar-refractivity contribution in [3.63, 3.8) is 0 Å². The molecule has 2 aromatic carbocycles. The number of carbonyl (C=O) groups is 2. The maximum atomic E-state index is 14.0. The first-order valence-electron chi connectivity index (χ1n) is 14.3. The lowest BCUT2D eigenvalue weighted by Gasteiger charge is -2.33. The van der Waals surface area contributed by atoms with E-state index in [-0.39, 0.29) is 29.8 Å². The van der Waals surface area contributed by atoms with Crippen LogP contribution in [0.1, 0.15) is 50.2 Å². The van der Waals surface area contributed by atoms with E-state index in [1.807, 2.05) is 18.9 Å². The van der Waals surface area contributed by atoms with Crippen molar-refractivity contribution in [3.8, 4) is 11.8 Å². The van der Waals surface area contributed by atoms with E-state index in [0.29, 0.717) is 35.6 Å². The molecule has 2 heterocycles. The molecule has 1 aromatic heterocycles. The zero-order valence-electron chi connectivity index (χ0n) is 24.7. The summed E-state index contributed by atoms with van der Waals surface area (Å²) in [6.07, 6.45) is -3.95. The van der Waals surface area contributed by atoms with Crippen molar-refractivity contribution in [2.75, 3.05) is 43.9 Å². The van der Waals surface area contributed by atoms with Gasteiger partial charge in [0.2, 0.25) is 5.91 Å². The fourth-order valence-corrected chi connectivity index (χ4v) is 4.96. The number of carbonyl (C=O) groups excluding carboxylic acids is 2. The minimum atomic E-state index is -4.57. The number of nitrogens with zero attached hydrogens (tertiary/aromatic N) is 3. The predicted molar refractivity (Wildman–Crippen MR) is 160 cm³/mol. The molecule has 1 aliphatic carbocycles. The summed E-state index contributed by atoms with van der Waals surface area (Å²) in [5.74, 6) is 4.79. The maximum Gasteiger partial charge on any atom is 0.416 e. The molecule has 2 fully saturated rings. The van der Waals surface area contributed by atoms with Crippen molar-refractivity contribution < 1.29 is 27.2 Å². The van der Waals surface area contributed by atoms with Gasteiger partial charge in [-0.2, -0.15) is 13.2 Å². The number of piperazine rings is 1. The smallest absolute Gasteiger partial charge is 0.322 e. The molecule has 5 rings (SSSR count). The number of pyridine rings is 1. The molecule has 230 valence electrons. The van der Waals surface area contributed by atoms with Crippen molar-refractivity contribution in [1.82, 2.24) is 14.8 Å².